The lowest BCUT2D eigenvalue weighted by Crippen LogP contribution is -2.37. The molecule has 230 valence electrons. The predicted octanol–water partition coefficient (Wildman–Crippen LogP) is -0.242. The molecule has 20 heteroatoms. The van der Waals surface area contributed by atoms with Gasteiger partial charge in [-0.25, -0.2) is 16.8 Å². The third-order valence-electron chi connectivity index (χ3n) is 6.77. The molecule has 0 radical (unpaired) electrons. The highest BCUT2D eigenvalue weighted by molar-refractivity contribution is 7.89. The van der Waals surface area contributed by atoms with Crippen LogP contribution in [0.15, 0.2) is 46.7 Å². The Bertz CT molecular complexity index is 1670. The summed E-state index contributed by atoms with van der Waals surface area (Å²) >= 11 is 0. The van der Waals surface area contributed by atoms with Crippen LogP contribution in [0.3, 0.4) is 0 Å². The molecular weight excluding hydrogens is 608 g/mol. The van der Waals surface area contributed by atoms with Crippen molar-refractivity contribution in [3.63, 3.8) is 0 Å². The van der Waals surface area contributed by atoms with E-state index >= 15 is 0 Å². The monoisotopic (exact) mass is 636 g/mol. The number of rotatable bonds is 10. The van der Waals surface area contributed by atoms with Gasteiger partial charge in [-0.3, -0.25) is 0 Å². The average Bonchev–Trinajstić information content (AvgIpc) is 3.70. The van der Waals surface area contributed by atoms with Crippen molar-refractivity contribution in [2.45, 2.75) is 16.2 Å². The van der Waals surface area contributed by atoms with E-state index in [1.165, 1.54) is 83.3 Å². The summed E-state index contributed by atoms with van der Waals surface area (Å²) in [5, 5.41) is 22.1. The second-order valence-electron chi connectivity index (χ2n) is 9.02. The molecule has 1 fully saturated rings. The highest BCUT2D eigenvalue weighted by atomic mass is 32.2. The SMILES string of the molecule is COc1cc(S(=O)(=O)N2CCCN(S(=O)(=O)c3cc(OC)c(-n4cnnn4)cc3OC)CC2)c(OC)cc1-n1cnnn1. The van der Waals surface area contributed by atoms with Gasteiger partial charge in [0.25, 0.3) is 0 Å². The molecule has 43 heavy (non-hydrogen) atoms. The maximum Gasteiger partial charge on any atom is 0.246 e. The first kappa shape index (κ1) is 30.1. The van der Waals surface area contributed by atoms with Crippen LogP contribution in [0.5, 0.6) is 23.0 Å². The van der Waals surface area contributed by atoms with Crippen molar-refractivity contribution in [3.05, 3.63) is 36.9 Å². The van der Waals surface area contributed by atoms with Crippen molar-refractivity contribution >= 4 is 20.0 Å². The van der Waals surface area contributed by atoms with Gasteiger partial charge in [-0.2, -0.15) is 18.0 Å². The van der Waals surface area contributed by atoms with E-state index in [0.717, 1.165) is 0 Å². The lowest BCUT2D eigenvalue weighted by Gasteiger charge is -2.24. The number of sulfonamides is 2. The Morgan fingerprint density at radius 3 is 1.30 bits per heavy atom. The first-order chi connectivity index (χ1) is 20.6. The number of tetrazole rings is 2. The van der Waals surface area contributed by atoms with E-state index in [1.807, 2.05) is 0 Å². The lowest BCUT2D eigenvalue weighted by molar-refractivity contribution is 0.377. The largest absolute Gasteiger partial charge is 0.495 e. The Balaban J connectivity index is 1.44. The summed E-state index contributed by atoms with van der Waals surface area (Å²) in [5.41, 5.74) is 0.735. The fourth-order valence-corrected chi connectivity index (χ4v) is 7.88. The molecule has 5 rings (SSSR count). The third-order valence-corrected chi connectivity index (χ3v) is 10.6. The Labute approximate surface area is 246 Å². The van der Waals surface area contributed by atoms with Crippen LogP contribution in [0.2, 0.25) is 0 Å². The van der Waals surface area contributed by atoms with Gasteiger partial charge in [0.05, 0.1) is 28.4 Å². The summed E-state index contributed by atoms with van der Waals surface area (Å²) < 4.78 is 82.2. The molecule has 2 aromatic carbocycles. The fraction of sp³-hybridized carbons (Fsp3) is 0.391. The van der Waals surface area contributed by atoms with Crippen molar-refractivity contribution in [3.8, 4) is 34.4 Å². The zero-order chi connectivity index (χ0) is 30.8. The Hall–Kier alpha value is -4.40. The van der Waals surface area contributed by atoms with Gasteiger partial charge in [0.15, 0.2) is 0 Å². The average molecular weight is 637 g/mol. The van der Waals surface area contributed by atoms with Crippen LogP contribution in [-0.2, 0) is 20.0 Å². The first-order valence-corrected chi connectivity index (χ1v) is 15.5. The smallest absolute Gasteiger partial charge is 0.246 e. The van der Waals surface area contributed by atoms with Gasteiger partial charge in [-0.15, -0.1) is 10.2 Å². The number of nitrogens with zero attached hydrogens (tertiary/aromatic N) is 10. The van der Waals surface area contributed by atoms with Crippen LogP contribution in [0.4, 0.5) is 0 Å². The lowest BCUT2D eigenvalue weighted by atomic mass is 10.2. The molecule has 3 heterocycles. The molecule has 0 aliphatic carbocycles. The van der Waals surface area contributed by atoms with E-state index in [9.17, 15) is 16.8 Å². The van der Waals surface area contributed by atoms with Crippen molar-refractivity contribution in [1.29, 1.82) is 0 Å². The van der Waals surface area contributed by atoms with Crippen molar-refractivity contribution < 1.29 is 35.8 Å². The van der Waals surface area contributed by atoms with Gasteiger partial charge in [0.1, 0.15) is 56.8 Å². The van der Waals surface area contributed by atoms with Crippen molar-refractivity contribution in [2.75, 3.05) is 54.6 Å². The molecule has 0 atom stereocenters. The Morgan fingerprint density at radius 2 is 0.977 bits per heavy atom. The number of methoxy groups -OCH3 is 4. The number of hydrogen-bond donors (Lipinski definition) is 0. The second-order valence-corrected chi connectivity index (χ2v) is 12.8. The number of benzene rings is 2. The van der Waals surface area contributed by atoms with Crippen LogP contribution in [0, 0.1) is 0 Å². The fourth-order valence-electron chi connectivity index (χ4n) is 4.64. The van der Waals surface area contributed by atoms with Gasteiger partial charge in [0.2, 0.25) is 20.0 Å². The molecular formula is C23H28N10O8S2. The van der Waals surface area contributed by atoms with Gasteiger partial charge in [-0.05, 0) is 27.3 Å². The van der Waals surface area contributed by atoms with Crippen LogP contribution in [-0.4, -0.2) is 120 Å². The Morgan fingerprint density at radius 1 is 0.581 bits per heavy atom. The molecule has 4 aromatic rings. The highest BCUT2D eigenvalue weighted by Crippen LogP contribution is 2.38. The molecule has 0 unspecified atom stereocenters. The minimum Gasteiger partial charge on any atom is -0.495 e. The summed E-state index contributed by atoms with van der Waals surface area (Å²) in [6.07, 6.45) is 2.89. The molecule has 1 aliphatic rings. The molecule has 18 nitrogen and oxygen atoms in total. The molecule has 0 amide bonds. The molecule has 0 spiro atoms. The summed E-state index contributed by atoms with van der Waals surface area (Å²) in [5.74, 6) is 0.466. The standard InChI is InChI=1S/C23H28N10O8S2/c1-38-18-12-22(20(40-3)10-16(18)32-14-24-26-28-32)42(34,35)30-6-5-7-31(9-8-30)43(36,37)23-13-19(39-2)17(11-21(23)41-4)33-15-25-27-29-33/h10-15H,5-9H2,1-4H3. The van der Waals surface area contributed by atoms with Gasteiger partial charge < -0.3 is 18.9 Å². The normalized spacial score (nSPS) is 15.2. The maximum atomic E-state index is 13.9. The van der Waals surface area contributed by atoms with E-state index < -0.39 is 20.0 Å². The summed E-state index contributed by atoms with van der Waals surface area (Å²) in [6.45, 7) is -0.117. The van der Waals surface area contributed by atoms with Gasteiger partial charge >= 0.3 is 0 Å². The Kier molecular flexibility index (Phi) is 8.44. The first-order valence-electron chi connectivity index (χ1n) is 12.6. The van der Waals surface area contributed by atoms with Crippen LogP contribution < -0.4 is 18.9 Å². The van der Waals surface area contributed by atoms with Crippen LogP contribution in [0.25, 0.3) is 11.4 Å². The van der Waals surface area contributed by atoms with Crippen LogP contribution in [0.1, 0.15) is 6.42 Å². The minimum atomic E-state index is -4.15. The number of hydrogen-bond acceptors (Lipinski definition) is 14. The third kappa shape index (κ3) is 5.56. The highest BCUT2D eigenvalue weighted by Gasteiger charge is 2.36. The number of ether oxygens (including phenoxy) is 4. The van der Waals surface area contributed by atoms with Crippen LogP contribution >= 0.6 is 0 Å². The molecule has 0 saturated carbocycles. The quantitative estimate of drug-likeness (QED) is 0.221. The summed E-state index contributed by atoms with van der Waals surface area (Å²) in [6, 6.07) is 5.56. The zero-order valence-electron chi connectivity index (χ0n) is 23.6. The summed E-state index contributed by atoms with van der Waals surface area (Å²) in [7, 11) is -2.85. The zero-order valence-corrected chi connectivity index (χ0v) is 25.2. The molecule has 0 bridgehead atoms. The van der Waals surface area contributed by atoms with E-state index in [4.69, 9.17) is 18.9 Å². The van der Waals surface area contributed by atoms with E-state index in [0.29, 0.717) is 11.4 Å². The van der Waals surface area contributed by atoms with Crippen molar-refractivity contribution in [1.82, 2.24) is 49.0 Å². The van der Waals surface area contributed by atoms with Gasteiger partial charge in [0, 0.05) is 50.4 Å². The molecule has 2 aromatic heterocycles. The van der Waals surface area contributed by atoms with E-state index in [1.54, 1.807) is 0 Å². The minimum absolute atomic E-state index is 0.0412. The van der Waals surface area contributed by atoms with Crippen molar-refractivity contribution in [2.24, 2.45) is 0 Å². The topological polar surface area (TPSA) is 199 Å². The molecule has 1 aliphatic heterocycles. The second kappa shape index (κ2) is 12.1. The summed E-state index contributed by atoms with van der Waals surface area (Å²) in [4.78, 5) is -0.297. The molecule has 0 N–H and O–H groups in total. The maximum absolute atomic E-state index is 13.9. The van der Waals surface area contributed by atoms with Gasteiger partial charge in [-0.1, -0.05) is 0 Å². The predicted molar refractivity (Wildman–Crippen MR) is 147 cm³/mol. The van der Waals surface area contributed by atoms with E-state index in [2.05, 4.69) is 31.1 Å². The molecule has 1 saturated heterocycles. The number of aromatic nitrogens is 8. The van der Waals surface area contributed by atoms with E-state index in [-0.39, 0.29) is 65.4 Å².